The zero-order valence-corrected chi connectivity index (χ0v) is 20.9. The minimum atomic E-state index is -0.663. The van der Waals surface area contributed by atoms with Gasteiger partial charge in [-0.15, -0.1) is 24.0 Å². The monoisotopic (exact) mass is 550 g/mol. The number of guanidine groups is 1. The lowest BCUT2D eigenvalue weighted by Crippen LogP contribution is -2.39. The van der Waals surface area contributed by atoms with Crippen LogP contribution in [0.4, 0.5) is 0 Å². The predicted molar refractivity (Wildman–Crippen MR) is 137 cm³/mol. The van der Waals surface area contributed by atoms with Gasteiger partial charge in [-0.3, -0.25) is 0 Å². The number of halogens is 1. The second-order valence-corrected chi connectivity index (χ2v) is 7.30. The summed E-state index contributed by atoms with van der Waals surface area (Å²) in [6, 6.07) is 13.2. The SMILES string of the molecule is CCNC(=NCc1ccnc(-n2cccn2)c1)NCC(O)c1ccc(OC(C)C)cc1.I. The lowest BCUT2D eigenvalue weighted by molar-refractivity contribution is 0.180. The van der Waals surface area contributed by atoms with Crippen LogP contribution in [-0.2, 0) is 6.54 Å². The maximum Gasteiger partial charge on any atom is 0.191 e. The largest absolute Gasteiger partial charge is 0.491 e. The van der Waals surface area contributed by atoms with Crippen molar-refractivity contribution in [2.75, 3.05) is 13.1 Å². The van der Waals surface area contributed by atoms with Crippen LogP contribution in [0.1, 0.15) is 38.0 Å². The standard InChI is InChI=1S/C23H30N6O2.HI/c1-4-24-23(26-15-18-10-12-25-22(14-18)29-13-5-11-28-29)27-16-21(30)19-6-8-20(9-7-19)31-17(2)3;/h5-14,17,21,30H,4,15-16H2,1-3H3,(H2,24,26,27);1H. The Morgan fingerprint density at radius 2 is 1.94 bits per heavy atom. The Balaban J connectivity index is 0.00000363. The molecule has 32 heavy (non-hydrogen) atoms. The lowest BCUT2D eigenvalue weighted by atomic mass is 10.1. The summed E-state index contributed by atoms with van der Waals surface area (Å²) < 4.78 is 7.36. The first-order chi connectivity index (χ1) is 15.0. The molecule has 0 aliphatic heterocycles. The number of aliphatic hydroxyl groups excluding tert-OH is 1. The Morgan fingerprint density at radius 1 is 1.16 bits per heavy atom. The van der Waals surface area contributed by atoms with Crippen LogP contribution >= 0.6 is 24.0 Å². The lowest BCUT2D eigenvalue weighted by Gasteiger charge is -2.16. The number of nitrogens with zero attached hydrogens (tertiary/aromatic N) is 4. The van der Waals surface area contributed by atoms with Crippen molar-refractivity contribution in [1.82, 2.24) is 25.4 Å². The van der Waals surface area contributed by atoms with Crippen molar-refractivity contribution >= 4 is 29.9 Å². The third-order valence-corrected chi connectivity index (χ3v) is 4.41. The van der Waals surface area contributed by atoms with E-state index >= 15 is 0 Å². The Hall–Kier alpha value is -2.66. The van der Waals surface area contributed by atoms with E-state index in [4.69, 9.17) is 4.74 Å². The molecule has 3 rings (SSSR count). The van der Waals surface area contributed by atoms with Crippen LogP contribution in [0.3, 0.4) is 0 Å². The van der Waals surface area contributed by atoms with Crippen LogP contribution in [0.2, 0.25) is 0 Å². The molecule has 0 amide bonds. The molecule has 1 aromatic carbocycles. The van der Waals surface area contributed by atoms with Crippen molar-refractivity contribution in [2.45, 2.75) is 39.5 Å². The molecule has 0 fully saturated rings. The second kappa shape index (κ2) is 13.0. The second-order valence-electron chi connectivity index (χ2n) is 7.30. The highest BCUT2D eigenvalue weighted by atomic mass is 127. The van der Waals surface area contributed by atoms with E-state index in [-0.39, 0.29) is 30.1 Å². The van der Waals surface area contributed by atoms with Gasteiger partial charge in [-0.2, -0.15) is 5.10 Å². The summed E-state index contributed by atoms with van der Waals surface area (Å²) in [6.45, 7) is 7.51. The average molecular weight is 550 g/mol. The van der Waals surface area contributed by atoms with E-state index in [9.17, 15) is 5.11 Å². The molecule has 1 atom stereocenters. The van der Waals surface area contributed by atoms with Crippen LogP contribution in [0.5, 0.6) is 5.75 Å². The molecule has 0 saturated heterocycles. The Morgan fingerprint density at radius 3 is 2.59 bits per heavy atom. The molecule has 8 nitrogen and oxygen atoms in total. The summed E-state index contributed by atoms with van der Waals surface area (Å²) in [5, 5.41) is 21.2. The van der Waals surface area contributed by atoms with Gasteiger partial charge in [0.25, 0.3) is 0 Å². The summed E-state index contributed by atoms with van der Waals surface area (Å²) >= 11 is 0. The van der Waals surface area contributed by atoms with E-state index in [1.165, 1.54) is 0 Å². The zero-order chi connectivity index (χ0) is 22.1. The van der Waals surface area contributed by atoms with Crippen molar-refractivity contribution in [3.05, 3.63) is 72.2 Å². The number of aromatic nitrogens is 3. The normalized spacial score (nSPS) is 12.2. The molecule has 2 heterocycles. The van der Waals surface area contributed by atoms with Gasteiger partial charge >= 0.3 is 0 Å². The fourth-order valence-corrected chi connectivity index (χ4v) is 2.95. The van der Waals surface area contributed by atoms with Crippen molar-refractivity contribution in [3.63, 3.8) is 0 Å². The first kappa shape index (κ1) is 25.6. The van der Waals surface area contributed by atoms with Gasteiger partial charge in [0.2, 0.25) is 0 Å². The maximum atomic E-state index is 10.5. The molecule has 3 aromatic rings. The topological polar surface area (TPSA) is 96.6 Å². The highest BCUT2D eigenvalue weighted by Crippen LogP contribution is 2.18. The van der Waals surface area contributed by atoms with E-state index in [0.29, 0.717) is 19.0 Å². The van der Waals surface area contributed by atoms with E-state index in [2.05, 4.69) is 25.7 Å². The van der Waals surface area contributed by atoms with Gasteiger partial charge in [0, 0.05) is 31.7 Å². The summed E-state index contributed by atoms with van der Waals surface area (Å²) in [4.78, 5) is 8.96. The molecule has 0 radical (unpaired) electrons. The molecule has 0 spiro atoms. The number of hydrogen-bond donors (Lipinski definition) is 3. The summed E-state index contributed by atoms with van der Waals surface area (Å²) in [7, 11) is 0. The van der Waals surface area contributed by atoms with E-state index in [1.54, 1.807) is 17.1 Å². The number of aliphatic hydroxyl groups is 1. The van der Waals surface area contributed by atoms with Crippen LogP contribution in [0, 0.1) is 0 Å². The van der Waals surface area contributed by atoms with Gasteiger partial charge in [0.05, 0.1) is 18.8 Å². The van der Waals surface area contributed by atoms with E-state index < -0.39 is 6.10 Å². The average Bonchev–Trinajstić information content (AvgIpc) is 3.31. The first-order valence-corrected chi connectivity index (χ1v) is 10.5. The fraction of sp³-hybridized carbons (Fsp3) is 0.348. The van der Waals surface area contributed by atoms with Crippen LogP contribution in [0.15, 0.2) is 66.0 Å². The maximum absolute atomic E-state index is 10.5. The fourth-order valence-electron chi connectivity index (χ4n) is 2.95. The van der Waals surface area contributed by atoms with Gasteiger partial charge in [0.1, 0.15) is 5.75 Å². The van der Waals surface area contributed by atoms with Crippen LogP contribution in [-0.4, -0.2) is 45.0 Å². The molecule has 3 N–H and O–H groups in total. The number of ether oxygens (including phenoxy) is 1. The molecule has 0 aliphatic carbocycles. The van der Waals surface area contributed by atoms with Crippen molar-refractivity contribution in [3.8, 4) is 11.6 Å². The Labute approximate surface area is 206 Å². The minimum absolute atomic E-state index is 0. The van der Waals surface area contributed by atoms with E-state index in [1.807, 2.05) is 69.4 Å². The van der Waals surface area contributed by atoms with Gasteiger partial charge in [-0.25, -0.2) is 14.7 Å². The van der Waals surface area contributed by atoms with Crippen LogP contribution < -0.4 is 15.4 Å². The van der Waals surface area contributed by atoms with Gasteiger partial charge < -0.3 is 20.5 Å². The molecule has 0 bridgehead atoms. The smallest absolute Gasteiger partial charge is 0.191 e. The number of aliphatic imine (C=N–C) groups is 1. The Bertz CT molecular complexity index is 961. The third kappa shape index (κ3) is 7.79. The molecule has 1 unspecified atom stereocenters. The molecular weight excluding hydrogens is 519 g/mol. The molecule has 172 valence electrons. The van der Waals surface area contributed by atoms with Crippen molar-refractivity contribution in [2.24, 2.45) is 4.99 Å². The van der Waals surface area contributed by atoms with Crippen LogP contribution in [0.25, 0.3) is 5.82 Å². The zero-order valence-electron chi connectivity index (χ0n) is 18.6. The number of pyridine rings is 1. The number of nitrogens with one attached hydrogen (secondary N) is 2. The van der Waals surface area contributed by atoms with Crippen molar-refractivity contribution in [1.29, 1.82) is 0 Å². The van der Waals surface area contributed by atoms with Crippen molar-refractivity contribution < 1.29 is 9.84 Å². The van der Waals surface area contributed by atoms with E-state index in [0.717, 1.165) is 29.2 Å². The van der Waals surface area contributed by atoms with Gasteiger partial charge in [-0.1, -0.05) is 12.1 Å². The highest BCUT2D eigenvalue weighted by molar-refractivity contribution is 14.0. The summed E-state index contributed by atoms with van der Waals surface area (Å²) in [6.07, 6.45) is 4.77. The molecule has 9 heteroatoms. The Kier molecular flexibility index (Phi) is 10.4. The molecular formula is C23H31IN6O2. The first-order valence-electron chi connectivity index (χ1n) is 10.5. The molecule has 2 aromatic heterocycles. The van der Waals surface area contributed by atoms with Gasteiger partial charge in [0.15, 0.2) is 11.8 Å². The number of rotatable bonds is 9. The molecule has 0 aliphatic rings. The number of benzene rings is 1. The predicted octanol–water partition coefficient (Wildman–Crippen LogP) is 3.46. The highest BCUT2D eigenvalue weighted by Gasteiger charge is 2.09. The number of hydrogen-bond acceptors (Lipinski definition) is 5. The molecule has 0 saturated carbocycles. The van der Waals surface area contributed by atoms with Gasteiger partial charge in [-0.05, 0) is 62.2 Å². The summed E-state index contributed by atoms with van der Waals surface area (Å²) in [5.74, 6) is 2.18. The quantitative estimate of drug-likeness (QED) is 0.215. The summed E-state index contributed by atoms with van der Waals surface area (Å²) in [5.41, 5.74) is 1.83. The third-order valence-electron chi connectivity index (χ3n) is 4.41. The minimum Gasteiger partial charge on any atom is -0.491 e.